The van der Waals surface area contributed by atoms with E-state index in [1.54, 1.807) is 29.6 Å². The highest BCUT2D eigenvalue weighted by atomic mass is 19.4. The molecule has 222 valence electrons. The van der Waals surface area contributed by atoms with Crippen LogP contribution in [0.25, 0.3) is 11.4 Å². The number of aromatic nitrogens is 5. The van der Waals surface area contributed by atoms with Crippen molar-refractivity contribution >= 4 is 11.7 Å². The first-order valence-corrected chi connectivity index (χ1v) is 14.3. The summed E-state index contributed by atoms with van der Waals surface area (Å²) in [4.78, 5) is 36.3. The fraction of sp³-hybridized carbons (Fsp3) is 0.517. The van der Waals surface area contributed by atoms with E-state index in [4.69, 9.17) is 0 Å². The van der Waals surface area contributed by atoms with E-state index < -0.39 is 23.0 Å². The van der Waals surface area contributed by atoms with Gasteiger partial charge in [0, 0.05) is 61.9 Å². The summed E-state index contributed by atoms with van der Waals surface area (Å²) in [5.41, 5.74) is -1.43. The van der Waals surface area contributed by atoms with Crippen LogP contribution in [-0.4, -0.2) is 73.6 Å². The SMILES string of the molecule is O=C(C1CCN(c2nccc(C(F)(F)F)n2)C1)[C@]1(NC2CCC(O)(c3ccc(-c4ncccn4)cn3)CC2)CCNC1. The van der Waals surface area contributed by atoms with E-state index in [2.05, 4.69) is 35.6 Å². The Morgan fingerprint density at radius 3 is 2.48 bits per heavy atom. The van der Waals surface area contributed by atoms with E-state index in [0.717, 1.165) is 17.8 Å². The highest BCUT2D eigenvalue weighted by molar-refractivity contribution is 5.92. The Hall–Kier alpha value is -3.55. The standard InChI is InChI=1S/C29H33F3N8O2/c30-29(31,32)23-6-13-36-26(38-23)40-15-7-20(17-40)24(41)27(10-14-33-18-27)39-21-4-8-28(42,9-5-21)22-3-2-19(16-37-22)25-34-11-1-12-35-25/h1-3,6,11-13,16,20-21,33,39,42H,4-5,7-10,14-15,17-18H2/t20?,21?,27-,28?/m0/s1. The van der Waals surface area contributed by atoms with Crippen LogP contribution in [0.3, 0.4) is 0 Å². The van der Waals surface area contributed by atoms with E-state index in [1.807, 2.05) is 12.1 Å². The zero-order valence-corrected chi connectivity index (χ0v) is 23.0. The molecular weight excluding hydrogens is 549 g/mol. The van der Waals surface area contributed by atoms with Crippen LogP contribution in [0.2, 0.25) is 0 Å². The summed E-state index contributed by atoms with van der Waals surface area (Å²) < 4.78 is 39.5. The van der Waals surface area contributed by atoms with Crippen molar-refractivity contribution in [1.29, 1.82) is 0 Å². The van der Waals surface area contributed by atoms with Gasteiger partial charge in [-0.25, -0.2) is 19.9 Å². The van der Waals surface area contributed by atoms with Crippen molar-refractivity contribution in [2.24, 2.45) is 5.92 Å². The lowest BCUT2D eigenvalue weighted by Crippen LogP contribution is -2.60. The molecule has 3 aliphatic rings. The maximum atomic E-state index is 13.9. The average Bonchev–Trinajstić information content (AvgIpc) is 3.70. The van der Waals surface area contributed by atoms with Crippen LogP contribution in [0.1, 0.15) is 49.9 Å². The number of Topliss-reactive ketones (excluding diaryl/α,β-unsaturated/α-hetero) is 1. The van der Waals surface area contributed by atoms with E-state index in [1.165, 1.54) is 0 Å². The van der Waals surface area contributed by atoms with Crippen molar-refractivity contribution in [3.05, 3.63) is 60.4 Å². The third-order valence-corrected chi connectivity index (χ3v) is 8.76. The number of nitrogens with zero attached hydrogens (tertiary/aromatic N) is 6. The van der Waals surface area contributed by atoms with Gasteiger partial charge in [0.2, 0.25) is 5.95 Å². The van der Waals surface area contributed by atoms with Crippen molar-refractivity contribution in [3.8, 4) is 11.4 Å². The Kier molecular flexibility index (Phi) is 7.66. The maximum Gasteiger partial charge on any atom is 0.433 e. The van der Waals surface area contributed by atoms with Gasteiger partial charge in [-0.1, -0.05) is 0 Å². The Morgan fingerprint density at radius 1 is 1.02 bits per heavy atom. The Balaban J connectivity index is 1.09. The van der Waals surface area contributed by atoms with Gasteiger partial charge < -0.3 is 20.6 Å². The van der Waals surface area contributed by atoms with Crippen LogP contribution in [-0.2, 0) is 16.6 Å². The molecule has 2 aliphatic heterocycles. The van der Waals surface area contributed by atoms with Crippen LogP contribution in [0.5, 0.6) is 0 Å². The predicted molar refractivity (Wildman–Crippen MR) is 147 cm³/mol. The van der Waals surface area contributed by atoms with Gasteiger partial charge in [-0.15, -0.1) is 0 Å². The molecule has 2 saturated heterocycles. The van der Waals surface area contributed by atoms with Crippen molar-refractivity contribution < 1.29 is 23.1 Å². The van der Waals surface area contributed by atoms with E-state index in [0.29, 0.717) is 69.7 Å². The zero-order valence-electron chi connectivity index (χ0n) is 23.0. The summed E-state index contributed by atoms with van der Waals surface area (Å²) in [5.74, 6) is 0.302. The first-order chi connectivity index (χ1) is 20.2. The molecular formula is C29H33F3N8O2. The molecule has 1 aliphatic carbocycles. The minimum absolute atomic E-state index is 0.00353. The second-order valence-electron chi connectivity index (χ2n) is 11.5. The molecule has 10 nitrogen and oxygen atoms in total. The molecule has 0 spiro atoms. The van der Waals surface area contributed by atoms with Crippen LogP contribution in [0.4, 0.5) is 19.1 Å². The fourth-order valence-corrected chi connectivity index (χ4v) is 6.44. The van der Waals surface area contributed by atoms with Gasteiger partial charge in [0.1, 0.15) is 11.3 Å². The van der Waals surface area contributed by atoms with Crippen LogP contribution in [0, 0.1) is 5.92 Å². The molecule has 13 heteroatoms. The minimum Gasteiger partial charge on any atom is -0.384 e. The number of carbonyl (C=O) groups excluding carboxylic acids is 1. The number of aliphatic hydroxyl groups is 1. The summed E-state index contributed by atoms with van der Waals surface area (Å²) >= 11 is 0. The molecule has 1 unspecified atom stereocenters. The lowest BCUT2D eigenvalue weighted by Gasteiger charge is -2.40. The number of carbonyl (C=O) groups is 1. The second kappa shape index (κ2) is 11.3. The molecule has 5 heterocycles. The number of anilines is 1. The molecule has 42 heavy (non-hydrogen) atoms. The number of hydrogen-bond donors (Lipinski definition) is 3. The number of halogens is 3. The van der Waals surface area contributed by atoms with Gasteiger partial charge in [0.05, 0.1) is 11.2 Å². The first-order valence-electron chi connectivity index (χ1n) is 14.3. The van der Waals surface area contributed by atoms with Gasteiger partial charge in [-0.05, 0) is 69.3 Å². The highest BCUT2D eigenvalue weighted by Crippen LogP contribution is 2.38. The molecule has 3 aromatic rings. The number of nitrogens with one attached hydrogen (secondary N) is 2. The molecule has 3 aromatic heterocycles. The smallest absolute Gasteiger partial charge is 0.384 e. The van der Waals surface area contributed by atoms with Gasteiger partial charge >= 0.3 is 6.18 Å². The molecule has 1 saturated carbocycles. The Morgan fingerprint density at radius 2 is 1.81 bits per heavy atom. The zero-order chi connectivity index (χ0) is 29.4. The summed E-state index contributed by atoms with van der Waals surface area (Å²) in [6.45, 7) is 1.89. The summed E-state index contributed by atoms with van der Waals surface area (Å²) in [6, 6.07) is 6.33. The van der Waals surface area contributed by atoms with Crippen molar-refractivity contribution in [2.45, 2.75) is 61.9 Å². The number of ketones is 1. The minimum atomic E-state index is -4.56. The molecule has 0 amide bonds. The Bertz CT molecular complexity index is 1390. The average molecular weight is 583 g/mol. The Labute approximate surface area is 241 Å². The fourth-order valence-electron chi connectivity index (χ4n) is 6.44. The topological polar surface area (TPSA) is 129 Å². The monoisotopic (exact) mass is 582 g/mol. The summed E-state index contributed by atoms with van der Waals surface area (Å²) in [5, 5.41) is 18.4. The predicted octanol–water partition coefficient (Wildman–Crippen LogP) is 2.89. The lowest BCUT2D eigenvalue weighted by atomic mass is 9.77. The molecule has 0 bridgehead atoms. The van der Waals surface area contributed by atoms with E-state index >= 15 is 0 Å². The molecule has 3 N–H and O–H groups in total. The van der Waals surface area contributed by atoms with Gasteiger partial charge in [0.15, 0.2) is 11.6 Å². The largest absolute Gasteiger partial charge is 0.433 e. The van der Waals surface area contributed by atoms with Crippen molar-refractivity contribution in [3.63, 3.8) is 0 Å². The normalized spacial score (nSPS) is 28.2. The number of pyridine rings is 1. The van der Waals surface area contributed by atoms with Crippen molar-refractivity contribution in [2.75, 3.05) is 31.1 Å². The van der Waals surface area contributed by atoms with Crippen molar-refractivity contribution in [1.82, 2.24) is 35.6 Å². The maximum absolute atomic E-state index is 13.9. The summed E-state index contributed by atoms with van der Waals surface area (Å²) in [6.07, 6.45) is 5.08. The molecule has 2 atom stereocenters. The highest BCUT2D eigenvalue weighted by Gasteiger charge is 2.48. The third kappa shape index (κ3) is 5.72. The van der Waals surface area contributed by atoms with E-state index in [-0.39, 0.29) is 30.2 Å². The number of rotatable bonds is 7. The number of alkyl halides is 3. The van der Waals surface area contributed by atoms with Gasteiger partial charge in [-0.3, -0.25) is 9.78 Å². The molecule has 3 fully saturated rings. The third-order valence-electron chi connectivity index (χ3n) is 8.76. The molecule has 0 aromatic carbocycles. The second-order valence-corrected chi connectivity index (χ2v) is 11.5. The first kappa shape index (κ1) is 28.6. The van der Waals surface area contributed by atoms with Crippen LogP contribution >= 0.6 is 0 Å². The van der Waals surface area contributed by atoms with Crippen LogP contribution in [0.15, 0.2) is 49.1 Å². The quantitative estimate of drug-likeness (QED) is 0.383. The van der Waals surface area contributed by atoms with E-state index in [9.17, 15) is 23.1 Å². The van der Waals surface area contributed by atoms with Crippen LogP contribution < -0.4 is 15.5 Å². The van der Waals surface area contributed by atoms with Gasteiger partial charge in [-0.2, -0.15) is 13.2 Å². The molecule has 0 radical (unpaired) electrons. The summed E-state index contributed by atoms with van der Waals surface area (Å²) in [7, 11) is 0. The number of hydrogen-bond acceptors (Lipinski definition) is 10. The van der Waals surface area contributed by atoms with Gasteiger partial charge in [0.25, 0.3) is 0 Å². The molecule has 6 rings (SSSR count). The lowest BCUT2D eigenvalue weighted by molar-refractivity contribution is -0.141.